The molecular formula is C13H17BrO3. The summed E-state index contributed by atoms with van der Waals surface area (Å²) in [6, 6.07) is 1.97. The number of halogens is 1. The highest BCUT2D eigenvalue weighted by molar-refractivity contribution is 9.10. The number of hydrogen-bond acceptors (Lipinski definition) is 2. The van der Waals surface area contributed by atoms with Crippen LogP contribution in [-0.4, -0.2) is 18.2 Å². The van der Waals surface area contributed by atoms with Gasteiger partial charge in [-0.25, -0.2) is 0 Å². The number of carboxylic acid groups (broad SMARTS) is 1. The van der Waals surface area contributed by atoms with E-state index in [0.29, 0.717) is 6.42 Å². The van der Waals surface area contributed by atoms with Crippen molar-refractivity contribution in [1.82, 2.24) is 0 Å². The van der Waals surface area contributed by atoms with Crippen LogP contribution in [0.15, 0.2) is 10.5 Å². The summed E-state index contributed by atoms with van der Waals surface area (Å²) < 4.78 is 6.29. The van der Waals surface area contributed by atoms with Gasteiger partial charge in [0.25, 0.3) is 0 Å². The average molecular weight is 301 g/mol. The molecule has 1 aromatic carbocycles. The lowest BCUT2D eigenvalue weighted by atomic mass is 9.95. The van der Waals surface area contributed by atoms with Crippen LogP contribution in [0.2, 0.25) is 0 Å². The average Bonchev–Trinajstić information content (AvgIpc) is 2.24. The van der Waals surface area contributed by atoms with Gasteiger partial charge in [-0.3, -0.25) is 4.79 Å². The van der Waals surface area contributed by atoms with Crippen LogP contribution in [0.4, 0.5) is 0 Å². The van der Waals surface area contributed by atoms with E-state index in [-0.39, 0.29) is 0 Å². The second-order valence-electron chi connectivity index (χ2n) is 4.26. The zero-order valence-electron chi connectivity index (χ0n) is 10.5. The highest BCUT2D eigenvalue weighted by Crippen LogP contribution is 2.33. The Morgan fingerprint density at radius 3 is 2.59 bits per heavy atom. The van der Waals surface area contributed by atoms with Crippen molar-refractivity contribution < 1.29 is 14.6 Å². The van der Waals surface area contributed by atoms with Crippen molar-refractivity contribution in [3.8, 4) is 5.75 Å². The molecule has 1 N–H and O–H groups in total. The molecule has 0 bridgehead atoms. The smallest absolute Gasteiger partial charge is 0.306 e. The van der Waals surface area contributed by atoms with Crippen LogP contribution in [0.25, 0.3) is 0 Å². The quantitative estimate of drug-likeness (QED) is 0.928. The van der Waals surface area contributed by atoms with Crippen LogP contribution in [0.1, 0.15) is 23.6 Å². The molecule has 0 aliphatic heterocycles. The number of carbonyl (C=O) groups is 1. The molecule has 0 fully saturated rings. The van der Waals surface area contributed by atoms with Crippen molar-refractivity contribution in [3.05, 3.63) is 27.2 Å². The van der Waals surface area contributed by atoms with Crippen LogP contribution in [0, 0.1) is 19.8 Å². The Balaban J connectivity index is 3.20. The molecule has 4 heteroatoms. The highest BCUT2D eigenvalue weighted by Gasteiger charge is 2.18. The molecule has 0 saturated carbocycles. The van der Waals surface area contributed by atoms with Crippen LogP contribution in [0.3, 0.4) is 0 Å². The van der Waals surface area contributed by atoms with Gasteiger partial charge in [-0.1, -0.05) is 22.9 Å². The molecule has 17 heavy (non-hydrogen) atoms. The summed E-state index contributed by atoms with van der Waals surface area (Å²) in [6.45, 7) is 5.64. The summed E-state index contributed by atoms with van der Waals surface area (Å²) in [5.74, 6) is -0.353. The first-order valence-electron chi connectivity index (χ1n) is 5.43. The van der Waals surface area contributed by atoms with Crippen molar-refractivity contribution in [1.29, 1.82) is 0 Å². The molecule has 0 aliphatic rings. The third kappa shape index (κ3) is 3.00. The number of ether oxygens (including phenoxy) is 1. The number of aryl methyl sites for hydroxylation is 1. The fraction of sp³-hybridized carbons (Fsp3) is 0.462. The van der Waals surface area contributed by atoms with Gasteiger partial charge in [0.2, 0.25) is 0 Å². The summed E-state index contributed by atoms with van der Waals surface area (Å²) in [5, 5.41) is 8.96. The van der Waals surface area contributed by atoms with E-state index in [1.165, 1.54) is 0 Å². The molecule has 0 heterocycles. The molecule has 0 spiro atoms. The number of benzene rings is 1. The molecule has 0 amide bonds. The molecule has 0 aliphatic carbocycles. The fourth-order valence-electron chi connectivity index (χ4n) is 1.91. The first kappa shape index (κ1) is 14.0. The van der Waals surface area contributed by atoms with Crippen LogP contribution >= 0.6 is 15.9 Å². The zero-order chi connectivity index (χ0) is 13.2. The van der Waals surface area contributed by atoms with Crippen molar-refractivity contribution in [2.45, 2.75) is 27.2 Å². The van der Waals surface area contributed by atoms with Crippen molar-refractivity contribution in [2.24, 2.45) is 5.92 Å². The molecule has 1 atom stereocenters. The Bertz CT molecular complexity index is 441. The molecule has 1 rings (SSSR count). The minimum absolute atomic E-state index is 0.405. The molecule has 94 valence electrons. The minimum Gasteiger partial charge on any atom is -0.496 e. The first-order chi connectivity index (χ1) is 7.88. The number of methoxy groups -OCH3 is 1. The summed E-state index contributed by atoms with van der Waals surface area (Å²) in [5.41, 5.74) is 3.05. The van der Waals surface area contributed by atoms with Gasteiger partial charge >= 0.3 is 5.97 Å². The maximum absolute atomic E-state index is 10.9. The second kappa shape index (κ2) is 5.54. The van der Waals surface area contributed by atoms with Gasteiger partial charge in [0.15, 0.2) is 0 Å². The minimum atomic E-state index is -0.782. The molecule has 0 saturated heterocycles. The number of rotatable bonds is 4. The van der Waals surface area contributed by atoms with Gasteiger partial charge in [-0.2, -0.15) is 0 Å². The Kier molecular flexibility index (Phi) is 4.57. The molecule has 0 radical (unpaired) electrons. The van der Waals surface area contributed by atoms with E-state index in [4.69, 9.17) is 9.84 Å². The Morgan fingerprint density at radius 1 is 1.53 bits per heavy atom. The van der Waals surface area contributed by atoms with Gasteiger partial charge in [-0.15, -0.1) is 0 Å². The van der Waals surface area contributed by atoms with Crippen molar-refractivity contribution in [3.63, 3.8) is 0 Å². The van der Waals surface area contributed by atoms with E-state index in [9.17, 15) is 4.79 Å². The summed E-state index contributed by atoms with van der Waals surface area (Å²) >= 11 is 3.49. The Labute approximate surface area is 110 Å². The van der Waals surface area contributed by atoms with Gasteiger partial charge in [-0.05, 0) is 43.0 Å². The van der Waals surface area contributed by atoms with Gasteiger partial charge < -0.3 is 9.84 Å². The standard InChI is InChI=1S/C13H17BrO3/c1-7-6-11(14)10(5-8(2)13(15)16)9(3)12(7)17-4/h6,8H,5H2,1-4H3,(H,15,16). The van der Waals surface area contributed by atoms with Gasteiger partial charge in [0.05, 0.1) is 13.0 Å². The molecule has 1 aromatic rings. The zero-order valence-corrected chi connectivity index (χ0v) is 12.1. The normalized spacial score (nSPS) is 12.3. The van der Waals surface area contributed by atoms with Crippen molar-refractivity contribution in [2.75, 3.05) is 7.11 Å². The first-order valence-corrected chi connectivity index (χ1v) is 6.23. The number of aliphatic carboxylic acids is 1. The SMILES string of the molecule is COc1c(C)cc(Br)c(CC(C)C(=O)O)c1C. The third-order valence-corrected chi connectivity index (χ3v) is 3.63. The maximum Gasteiger partial charge on any atom is 0.306 e. The summed E-state index contributed by atoms with van der Waals surface area (Å²) in [6.07, 6.45) is 0.498. The van der Waals surface area contributed by atoms with Gasteiger partial charge in [0.1, 0.15) is 5.75 Å². The molecular weight excluding hydrogens is 284 g/mol. The predicted octanol–water partition coefficient (Wildman–Crippen LogP) is 3.34. The van der Waals surface area contributed by atoms with Crippen LogP contribution < -0.4 is 4.74 Å². The molecule has 1 unspecified atom stereocenters. The monoisotopic (exact) mass is 300 g/mol. The lowest BCUT2D eigenvalue weighted by Crippen LogP contribution is -2.13. The van der Waals surface area contributed by atoms with E-state index in [2.05, 4.69) is 15.9 Å². The van der Waals surface area contributed by atoms with Crippen LogP contribution in [0.5, 0.6) is 5.75 Å². The maximum atomic E-state index is 10.9. The van der Waals surface area contributed by atoms with Crippen molar-refractivity contribution >= 4 is 21.9 Å². The lowest BCUT2D eigenvalue weighted by molar-refractivity contribution is -0.141. The largest absolute Gasteiger partial charge is 0.496 e. The number of carboxylic acids is 1. The van der Waals surface area contributed by atoms with Crippen LogP contribution in [-0.2, 0) is 11.2 Å². The van der Waals surface area contributed by atoms with Gasteiger partial charge in [0, 0.05) is 4.47 Å². The highest BCUT2D eigenvalue weighted by atomic mass is 79.9. The molecule has 3 nitrogen and oxygen atoms in total. The second-order valence-corrected chi connectivity index (χ2v) is 5.11. The Hall–Kier alpha value is -1.03. The third-order valence-electron chi connectivity index (χ3n) is 2.92. The topological polar surface area (TPSA) is 46.5 Å². The fourth-order valence-corrected chi connectivity index (χ4v) is 2.72. The van der Waals surface area contributed by atoms with E-state index in [1.54, 1.807) is 14.0 Å². The predicted molar refractivity (Wildman–Crippen MR) is 70.7 cm³/mol. The van der Waals surface area contributed by atoms with E-state index < -0.39 is 11.9 Å². The lowest BCUT2D eigenvalue weighted by Gasteiger charge is -2.16. The Morgan fingerprint density at radius 2 is 2.12 bits per heavy atom. The summed E-state index contributed by atoms with van der Waals surface area (Å²) in [7, 11) is 1.63. The summed E-state index contributed by atoms with van der Waals surface area (Å²) in [4.78, 5) is 10.9. The number of hydrogen-bond donors (Lipinski definition) is 1. The van der Waals surface area contributed by atoms with E-state index >= 15 is 0 Å². The van der Waals surface area contributed by atoms with E-state index in [1.807, 2.05) is 19.9 Å². The van der Waals surface area contributed by atoms with E-state index in [0.717, 1.165) is 26.9 Å². The molecule has 0 aromatic heterocycles.